The predicted octanol–water partition coefficient (Wildman–Crippen LogP) is 1.84. The molecule has 0 radical (unpaired) electrons. The van der Waals surface area contributed by atoms with E-state index in [1.54, 1.807) is 19.4 Å². The molecule has 6 nitrogen and oxygen atoms in total. The lowest BCUT2D eigenvalue weighted by Gasteiger charge is -2.08. The van der Waals surface area contributed by atoms with Gasteiger partial charge in [0.25, 0.3) is 0 Å². The Labute approximate surface area is 123 Å². The zero-order valence-corrected chi connectivity index (χ0v) is 11.8. The van der Waals surface area contributed by atoms with Gasteiger partial charge in [-0.2, -0.15) is 0 Å². The number of amidine groups is 1. The lowest BCUT2D eigenvalue weighted by molar-refractivity contribution is 0.318. The maximum Gasteiger partial charge on any atom is 0.188 e. The minimum absolute atomic E-state index is 0.00192. The summed E-state index contributed by atoms with van der Waals surface area (Å²) in [5, 5.41) is 14.7. The molecule has 0 fully saturated rings. The lowest BCUT2D eigenvalue weighted by Crippen LogP contribution is -2.15. The fourth-order valence-electron chi connectivity index (χ4n) is 1.88. The van der Waals surface area contributed by atoms with Gasteiger partial charge in [-0.15, -0.1) is 0 Å². The van der Waals surface area contributed by atoms with Crippen molar-refractivity contribution in [2.45, 2.75) is 6.42 Å². The van der Waals surface area contributed by atoms with E-state index in [4.69, 9.17) is 15.7 Å². The number of oxime groups is 1. The van der Waals surface area contributed by atoms with E-state index in [0.717, 1.165) is 24.4 Å². The summed E-state index contributed by atoms with van der Waals surface area (Å²) in [5.74, 6) is 0.857. The zero-order chi connectivity index (χ0) is 15.1. The van der Waals surface area contributed by atoms with Crippen LogP contribution >= 0.6 is 0 Å². The summed E-state index contributed by atoms with van der Waals surface area (Å²) in [5.41, 5.74) is 7.97. The number of nitrogens with one attached hydrogen (secondary N) is 1. The first-order chi connectivity index (χ1) is 10.2. The van der Waals surface area contributed by atoms with Gasteiger partial charge in [0.2, 0.25) is 0 Å². The van der Waals surface area contributed by atoms with Gasteiger partial charge in [0.15, 0.2) is 5.84 Å². The van der Waals surface area contributed by atoms with Crippen LogP contribution in [0, 0.1) is 0 Å². The van der Waals surface area contributed by atoms with Crippen LogP contribution in [0.15, 0.2) is 47.8 Å². The number of aromatic nitrogens is 1. The van der Waals surface area contributed by atoms with E-state index in [9.17, 15) is 0 Å². The number of hydrogen-bond acceptors (Lipinski definition) is 5. The molecule has 0 unspecified atom stereocenters. The molecule has 4 N–H and O–H groups in total. The quantitative estimate of drug-likeness (QED) is 0.326. The molecule has 0 spiro atoms. The first-order valence-corrected chi connectivity index (χ1v) is 6.53. The minimum atomic E-state index is -0.00192. The third-order valence-electron chi connectivity index (χ3n) is 3.01. The van der Waals surface area contributed by atoms with Crippen LogP contribution in [-0.2, 0) is 6.42 Å². The Bertz CT molecular complexity index is 611. The molecule has 0 aliphatic heterocycles. The van der Waals surface area contributed by atoms with Crippen LogP contribution in [0.4, 0.5) is 5.69 Å². The summed E-state index contributed by atoms with van der Waals surface area (Å²) in [4.78, 5) is 4.10. The molecule has 0 bridgehead atoms. The van der Waals surface area contributed by atoms with Crippen molar-refractivity contribution in [2.75, 3.05) is 19.0 Å². The summed E-state index contributed by atoms with van der Waals surface area (Å²) >= 11 is 0. The number of pyridine rings is 1. The number of methoxy groups -OCH3 is 1. The molecule has 6 heteroatoms. The average molecular weight is 286 g/mol. The van der Waals surface area contributed by atoms with E-state index in [1.165, 1.54) is 5.56 Å². The highest BCUT2D eigenvalue weighted by molar-refractivity contribution is 5.95. The van der Waals surface area contributed by atoms with E-state index < -0.39 is 0 Å². The summed E-state index contributed by atoms with van der Waals surface area (Å²) in [6, 6.07) is 11.5. The van der Waals surface area contributed by atoms with Gasteiger partial charge < -0.3 is 21.0 Å². The molecule has 0 aliphatic carbocycles. The zero-order valence-electron chi connectivity index (χ0n) is 11.8. The maximum absolute atomic E-state index is 8.56. The van der Waals surface area contributed by atoms with Crippen molar-refractivity contribution in [1.29, 1.82) is 0 Å². The molecule has 2 rings (SSSR count). The van der Waals surface area contributed by atoms with Crippen molar-refractivity contribution in [1.82, 2.24) is 4.98 Å². The molecule has 0 atom stereocenters. The number of rotatable bonds is 6. The molecule has 2 aromatic rings. The number of nitrogens with two attached hydrogens (primary N) is 1. The molecule has 110 valence electrons. The van der Waals surface area contributed by atoms with Crippen LogP contribution in [0.3, 0.4) is 0 Å². The monoisotopic (exact) mass is 286 g/mol. The second-order valence-electron chi connectivity index (χ2n) is 4.45. The summed E-state index contributed by atoms with van der Waals surface area (Å²) in [7, 11) is 1.66. The third kappa shape index (κ3) is 4.10. The van der Waals surface area contributed by atoms with Gasteiger partial charge in [0, 0.05) is 6.54 Å². The van der Waals surface area contributed by atoms with E-state index in [2.05, 4.69) is 21.5 Å². The molecule has 0 saturated carbocycles. The Morgan fingerprint density at radius 1 is 1.38 bits per heavy atom. The van der Waals surface area contributed by atoms with Gasteiger partial charge in [-0.1, -0.05) is 17.3 Å². The second-order valence-corrected chi connectivity index (χ2v) is 4.45. The molecule has 1 aromatic carbocycles. The van der Waals surface area contributed by atoms with Gasteiger partial charge in [0.1, 0.15) is 11.4 Å². The minimum Gasteiger partial charge on any atom is -0.497 e. The van der Waals surface area contributed by atoms with Crippen LogP contribution in [0.5, 0.6) is 5.75 Å². The molecule has 0 amide bonds. The Hall–Kier alpha value is -2.76. The fraction of sp³-hybridized carbons (Fsp3) is 0.200. The van der Waals surface area contributed by atoms with Crippen LogP contribution < -0.4 is 15.8 Å². The Morgan fingerprint density at radius 2 is 2.24 bits per heavy atom. The van der Waals surface area contributed by atoms with Crippen LogP contribution in [0.1, 0.15) is 11.3 Å². The first kappa shape index (κ1) is 14.6. The van der Waals surface area contributed by atoms with Crippen LogP contribution in [0.2, 0.25) is 0 Å². The van der Waals surface area contributed by atoms with Crippen molar-refractivity contribution in [3.05, 3.63) is 53.9 Å². The smallest absolute Gasteiger partial charge is 0.188 e. The molecule has 21 heavy (non-hydrogen) atoms. The predicted molar refractivity (Wildman–Crippen MR) is 81.9 cm³/mol. The number of benzene rings is 1. The maximum atomic E-state index is 8.56. The van der Waals surface area contributed by atoms with Gasteiger partial charge in [-0.05, 0) is 36.2 Å². The van der Waals surface area contributed by atoms with E-state index >= 15 is 0 Å². The normalized spacial score (nSPS) is 11.2. The molecule has 1 heterocycles. The standard InChI is InChI=1S/C15H18N4O2/c1-21-13-4-2-3-11(9-13)7-8-17-12-5-6-14(18-10-12)15(16)19-20/h2-6,9-10,17,20H,7-8H2,1H3,(H2,16,19). The third-order valence-corrected chi connectivity index (χ3v) is 3.01. The van der Waals surface area contributed by atoms with Crippen molar-refractivity contribution in [3.63, 3.8) is 0 Å². The number of nitrogens with zero attached hydrogens (tertiary/aromatic N) is 2. The summed E-state index contributed by atoms with van der Waals surface area (Å²) < 4.78 is 5.19. The van der Waals surface area contributed by atoms with Crippen molar-refractivity contribution in [3.8, 4) is 5.75 Å². The Kier molecular flexibility index (Phi) is 4.98. The van der Waals surface area contributed by atoms with Gasteiger partial charge in [0.05, 0.1) is 19.0 Å². The number of hydrogen-bond donors (Lipinski definition) is 3. The summed E-state index contributed by atoms with van der Waals surface area (Å²) in [6.45, 7) is 0.776. The van der Waals surface area contributed by atoms with Crippen molar-refractivity contribution >= 4 is 11.5 Å². The van der Waals surface area contributed by atoms with E-state index in [1.807, 2.05) is 24.3 Å². The van der Waals surface area contributed by atoms with Gasteiger partial charge in [-0.25, -0.2) is 0 Å². The average Bonchev–Trinajstić information content (AvgIpc) is 2.55. The first-order valence-electron chi connectivity index (χ1n) is 6.53. The largest absolute Gasteiger partial charge is 0.497 e. The SMILES string of the molecule is COc1cccc(CCNc2ccc(/C(N)=N/O)nc2)c1. The van der Waals surface area contributed by atoms with Crippen LogP contribution in [0.25, 0.3) is 0 Å². The molecule has 0 aliphatic rings. The Morgan fingerprint density at radius 3 is 2.90 bits per heavy atom. The molecule has 1 aromatic heterocycles. The highest BCUT2D eigenvalue weighted by Gasteiger charge is 2.01. The Balaban J connectivity index is 1.88. The topological polar surface area (TPSA) is 92.8 Å². The van der Waals surface area contributed by atoms with Crippen molar-refractivity contribution < 1.29 is 9.94 Å². The van der Waals surface area contributed by atoms with E-state index in [0.29, 0.717) is 5.69 Å². The molecular formula is C15H18N4O2. The fourth-order valence-corrected chi connectivity index (χ4v) is 1.88. The highest BCUT2D eigenvalue weighted by atomic mass is 16.5. The van der Waals surface area contributed by atoms with Gasteiger partial charge in [-0.3, -0.25) is 4.98 Å². The van der Waals surface area contributed by atoms with E-state index in [-0.39, 0.29) is 5.84 Å². The van der Waals surface area contributed by atoms with Crippen molar-refractivity contribution in [2.24, 2.45) is 10.9 Å². The second kappa shape index (κ2) is 7.14. The number of anilines is 1. The highest BCUT2D eigenvalue weighted by Crippen LogP contribution is 2.13. The number of ether oxygens (including phenoxy) is 1. The summed E-state index contributed by atoms with van der Waals surface area (Å²) in [6.07, 6.45) is 2.53. The van der Waals surface area contributed by atoms with Gasteiger partial charge >= 0.3 is 0 Å². The lowest BCUT2D eigenvalue weighted by atomic mass is 10.1. The van der Waals surface area contributed by atoms with Crippen LogP contribution in [-0.4, -0.2) is 29.7 Å². The molecular weight excluding hydrogens is 268 g/mol. The molecule has 0 saturated heterocycles.